The summed E-state index contributed by atoms with van der Waals surface area (Å²) in [4.78, 5) is 5.37. The first-order chi connectivity index (χ1) is 11.8. The summed E-state index contributed by atoms with van der Waals surface area (Å²) in [7, 11) is 0. The van der Waals surface area contributed by atoms with Crippen LogP contribution in [0.5, 0.6) is 0 Å². The molecule has 2 rings (SSSR count). The Morgan fingerprint density at radius 1 is 0.960 bits per heavy atom. The number of hydrogen-bond donors (Lipinski definition) is 0. The highest BCUT2D eigenvalue weighted by atomic mass is 16.5. The van der Waals surface area contributed by atoms with Crippen LogP contribution in [0.2, 0.25) is 0 Å². The van der Waals surface area contributed by atoms with Crippen LogP contribution in [0.25, 0.3) is 0 Å². The van der Waals surface area contributed by atoms with Gasteiger partial charge in [0.15, 0.2) is 0 Å². The molecular formula is C22H44N2O. The lowest BCUT2D eigenvalue weighted by atomic mass is 9.84. The maximum Gasteiger partial charge on any atom is 0.0578 e. The summed E-state index contributed by atoms with van der Waals surface area (Å²) in [6, 6.07) is 0.659. The number of nitrogens with zero attached hydrogens (tertiary/aromatic N) is 2. The molecule has 1 heterocycles. The topological polar surface area (TPSA) is 15.7 Å². The molecule has 0 unspecified atom stereocenters. The average Bonchev–Trinajstić information content (AvgIpc) is 2.51. The molecule has 0 bridgehead atoms. The van der Waals surface area contributed by atoms with Gasteiger partial charge in [-0.25, -0.2) is 0 Å². The maximum atomic E-state index is 5.98. The summed E-state index contributed by atoms with van der Waals surface area (Å²) in [6.07, 6.45) is 10.5. The van der Waals surface area contributed by atoms with Gasteiger partial charge >= 0.3 is 0 Å². The van der Waals surface area contributed by atoms with E-state index in [-0.39, 0.29) is 0 Å². The number of rotatable bonds is 8. The molecule has 2 fully saturated rings. The first kappa shape index (κ1) is 21.2. The van der Waals surface area contributed by atoms with E-state index in [1.54, 1.807) is 0 Å². The molecule has 0 aromatic carbocycles. The van der Waals surface area contributed by atoms with E-state index in [4.69, 9.17) is 4.74 Å². The highest BCUT2D eigenvalue weighted by Crippen LogP contribution is 2.30. The Labute approximate surface area is 157 Å². The molecule has 0 spiro atoms. The van der Waals surface area contributed by atoms with Crippen LogP contribution in [0, 0.1) is 5.92 Å². The molecule has 3 heteroatoms. The monoisotopic (exact) mass is 352 g/mol. The average molecular weight is 353 g/mol. The van der Waals surface area contributed by atoms with Crippen molar-refractivity contribution in [1.29, 1.82) is 0 Å². The quantitative estimate of drug-likeness (QED) is 0.575. The van der Waals surface area contributed by atoms with Crippen LogP contribution in [-0.2, 0) is 4.74 Å². The summed E-state index contributed by atoms with van der Waals surface area (Å²) in [5.74, 6) is 0.959. The van der Waals surface area contributed by atoms with Gasteiger partial charge in [-0.2, -0.15) is 0 Å². The molecule has 0 aromatic heterocycles. The fourth-order valence-electron chi connectivity index (χ4n) is 5.13. The van der Waals surface area contributed by atoms with E-state index in [0.29, 0.717) is 23.8 Å². The van der Waals surface area contributed by atoms with E-state index in [1.165, 1.54) is 71.1 Å². The van der Waals surface area contributed by atoms with Crippen LogP contribution in [0.1, 0.15) is 86.5 Å². The molecule has 2 aliphatic rings. The number of piperazine rings is 1. The lowest BCUT2D eigenvalue weighted by Gasteiger charge is -2.49. The zero-order chi connectivity index (χ0) is 18.4. The largest absolute Gasteiger partial charge is 0.376 e. The normalized spacial score (nSPS) is 28.8. The third-order valence-electron chi connectivity index (χ3n) is 6.26. The van der Waals surface area contributed by atoms with Gasteiger partial charge in [0.25, 0.3) is 0 Å². The summed E-state index contributed by atoms with van der Waals surface area (Å²) < 4.78 is 5.98. The van der Waals surface area contributed by atoms with Gasteiger partial charge in [-0.05, 0) is 86.1 Å². The molecule has 0 N–H and O–H groups in total. The minimum absolute atomic E-state index is 0.321. The van der Waals surface area contributed by atoms with Crippen molar-refractivity contribution in [2.45, 2.75) is 110 Å². The molecule has 1 aliphatic carbocycles. The lowest BCUT2D eigenvalue weighted by Crippen LogP contribution is -2.61. The van der Waals surface area contributed by atoms with Gasteiger partial charge in [0.2, 0.25) is 0 Å². The Bertz CT molecular complexity index is 372. The minimum atomic E-state index is 0.321. The second-order valence-corrected chi connectivity index (χ2v) is 9.70. The summed E-state index contributed by atoms with van der Waals surface area (Å²) >= 11 is 0. The van der Waals surface area contributed by atoms with Gasteiger partial charge in [-0.1, -0.05) is 12.8 Å². The molecule has 0 radical (unpaired) electrons. The van der Waals surface area contributed by atoms with Gasteiger partial charge < -0.3 is 9.64 Å². The molecule has 3 nitrogen and oxygen atoms in total. The van der Waals surface area contributed by atoms with E-state index >= 15 is 0 Å². The molecule has 25 heavy (non-hydrogen) atoms. The van der Waals surface area contributed by atoms with E-state index in [1.807, 2.05) is 0 Å². The maximum absolute atomic E-state index is 5.98. The fourth-order valence-corrected chi connectivity index (χ4v) is 5.13. The Balaban J connectivity index is 1.58. The van der Waals surface area contributed by atoms with Crippen molar-refractivity contribution in [3.05, 3.63) is 0 Å². The Morgan fingerprint density at radius 3 is 2.20 bits per heavy atom. The zero-order valence-corrected chi connectivity index (χ0v) is 17.9. The van der Waals surface area contributed by atoms with Crippen molar-refractivity contribution in [1.82, 2.24) is 9.80 Å². The van der Waals surface area contributed by atoms with Crippen molar-refractivity contribution < 1.29 is 4.74 Å². The van der Waals surface area contributed by atoms with Crippen LogP contribution in [0.15, 0.2) is 0 Å². The van der Waals surface area contributed by atoms with Crippen molar-refractivity contribution in [3.8, 4) is 0 Å². The second kappa shape index (κ2) is 9.71. The Hall–Kier alpha value is -0.120. The van der Waals surface area contributed by atoms with Crippen LogP contribution in [-0.4, -0.2) is 59.8 Å². The molecule has 1 aliphatic heterocycles. The number of unbranched alkanes of at least 4 members (excludes halogenated alkanes) is 1. The third kappa shape index (κ3) is 6.84. The highest BCUT2D eigenvalue weighted by molar-refractivity contribution is 4.91. The molecule has 0 aromatic rings. The van der Waals surface area contributed by atoms with Crippen LogP contribution >= 0.6 is 0 Å². The van der Waals surface area contributed by atoms with Gasteiger partial charge in [0.05, 0.1) is 12.2 Å². The van der Waals surface area contributed by atoms with E-state index in [9.17, 15) is 0 Å². The summed E-state index contributed by atoms with van der Waals surface area (Å²) in [5.41, 5.74) is 0.321. The first-order valence-corrected chi connectivity index (χ1v) is 10.9. The van der Waals surface area contributed by atoms with Crippen molar-refractivity contribution >= 4 is 0 Å². The standard InChI is InChI=1S/C22H44N2O/c1-18(2)24-16-15-23(17-22(24,5)6)14-8-7-9-20-10-12-21(13-11-20)25-19(3)4/h18-21H,7-17H2,1-6H3/t20-,21-. The number of ether oxygens (including phenoxy) is 1. The predicted molar refractivity (Wildman–Crippen MR) is 108 cm³/mol. The van der Waals surface area contributed by atoms with Gasteiger partial charge in [-0.15, -0.1) is 0 Å². The van der Waals surface area contributed by atoms with Crippen LogP contribution in [0.4, 0.5) is 0 Å². The zero-order valence-electron chi connectivity index (χ0n) is 17.9. The van der Waals surface area contributed by atoms with Crippen LogP contribution < -0.4 is 0 Å². The molecular weight excluding hydrogens is 308 g/mol. The SMILES string of the molecule is CC(C)O[C@H]1CC[C@H](CCCCN2CCN(C(C)C)C(C)(C)C2)CC1. The predicted octanol–water partition coefficient (Wildman–Crippen LogP) is 4.95. The van der Waals surface area contributed by atoms with Crippen molar-refractivity contribution in [2.75, 3.05) is 26.2 Å². The smallest absolute Gasteiger partial charge is 0.0578 e. The van der Waals surface area contributed by atoms with Crippen molar-refractivity contribution in [3.63, 3.8) is 0 Å². The highest BCUT2D eigenvalue weighted by Gasteiger charge is 2.34. The molecule has 148 valence electrons. The van der Waals surface area contributed by atoms with Crippen LogP contribution in [0.3, 0.4) is 0 Å². The molecule has 1 saturated heterocycles. The molecule has 0 amide bonds. The third-order valence-corrected chi connectivity index (χ3v) is 6.26. The Morgan fingerprint density at radius 2 is 1.64 bits per heavy atom. The van der Waals surface area contributed by atoms with Gasteiger partial charge in [0.1, 0.15) is 0 Å². The Kier molecular flexibility index (Phi) is 8.23. The minimum Gasteiger partial charge on any atom is -0.376 e. The van der Waals surface area contributed by atoms with Gasteiger partial charge in [0, 0.05) is 31.2 Å². The number of hydrogen-bond acceptors (Lipinski definition) is 3. The van der Waals surface area contributed by atoms with Gasteiger partial charge in [-0.3, -0.25) is 4.90 Å². The van der Waals surface area contributed by atoms with E-state index in [0.717, 1.165) is 5.92 Å². The summed E-state index contributed by atoms with van der Waals surface area (Å²) in [6.45, 7) is 18.8. The first-order valence-electron chi connectivity index (χ1n) is 10.9. The summed E-state index contributed by atoms with van der Waals surface area (Å²) in [5, 5.41) is 0. The second-order valence-electron chi connectivity index (χ2n) is 9.70. The lowest BCUT2D eigenvalue weighted by molar-refractivity contribution is -0.0205. The van der Waals surface area contributed by atoms with E-state index in [2.05, 4.69) is 51.3 Å². The molecule has 1 saturated carbocycles. The fraction of sp³-hybridized carbons (Fsp3) is 1.00. The van der Waals surface area contributed by atoms with E-state index < -0.39 is 0 Å². The van der Waals surface area contributed by atoms with Crippen molar-refractivity contribution in [2.24, 2.45) is 5.92 Å². The molecule has 0 atom stereocenters.